The molecule has 1 fully saturated rings. The molecule has 1 aliphatic heterocycles. The van der Waals surface area contributed by atoms with Gasteiger partial charge in [-0.15, -0.1) is 10.2 Å². The average Bonchev–Trinajstić information content (AvgIpc) is 2.95. The van der Waals surface area contributed by atoms with Gasteiger partial charge in [-0.25, -0.2) is 0 Å². The molecular weight excluding hydrogens is 350 g/mol. The van der Waals surface area contributed by atoms with Crippen LogP contribution in [0, 0.1) is 0 Å². The second-order valence-corrected chi connectivity index (χ2v) is 6.65. The first kappa shape index (κ1) is 17.1. The minimum Gasteiger partial charge on any atom is -0.378 e. The number of nitrogens with two attached hydrogens (primary N) is 1. The Morgan fingerprint density at radius 2 is 2.04 bits per heavy atom. The fraction of sp³-hybridized carbons (Fsp3) is 0.400. The van der Waals surface area contributed by atoms with Gasteiger partial charge in [-0.1, -0.05) is 41.6 Å². The standard InChI is InChI=1S/C15H18ClN5O2S/c16-12-4-2-1-3-11(12)10-24-15-19-18-14(17)21(15)9-13(22)20-5-7-23-8-6-20/h1-4H,5-10H2,(H2,17,18). The number of anilines is 1. The molecular formula is C15H18ClN5O2S. The van der Waals surface area contributed by atoms with Crippen molar-refractivity contribution < 1.29 is 9.53 Å². The number of amides is 1. The summed E-state index contributed by atoms with van der Waals surface area (Å²) in [6.45, 7) is 2.46. The van der Waals surface area contributed by atoms with Crippen molar-refractivity contribution in [3.05, 3.63) is 34.9 Å². The van der Waals surface area contributed by atoms with E-state index in [-0.39, 0.29) is 18.4 Å². The van der Waals surface area contributed by atoms with Crippen LogP contribution in [0.15, 0.2) is 29.4 Å². The summed E-state index contributed by atoms with van der Waals surface area (Å²) in [7, 11) is 0. The van der Waals surface area contributed by atoms with Crippen molar-refractivity contribution in [2.45, 2.75) is 17.5 Å². The van der Waals surface area contributed by atoms with Crippen LogP contribution in [0.2, 0.25) is 5.02 Å². The van der Waals surface area contributed by atoms with Gasteiger partial charge in [0.25, 0.3) is 0 Å². The van der Waals surface area contributed by atoms with Gasteiger partial charge >= 0.3 is 0 Å². The minimum atomic E-state index is -0.00982. The molecule has 0 radical (unpaired) electrons. The van der Waals surface area contributed by atoms with Gasteiger partial charge < -0.3 is 15.4 Å². The first-order valence-corrected chi connectivity index (χ1v) is 8.92. The zero-order chi connectivity index (χ0) is 16.9. The topological polar surface area (TPSA) is 86.3 Å². The molecule has 1 aromatic carbocycles. The lowest BCUT2D eigenvalue weighted by atomic mass is 10.2. The number of halogens is 1. The molecule has 9 heteroatoms. The molecule has 0 atom stereocenters. The summed E-state index contributed by atoms with van der Waals surface area (Å²) < 4.78 is 6.90. The van der Waals surface area contributed by atoms with Crippen LogP contribution in [-0.2, 0) is 21.8 Å². The molecule has 2 N–H and O–H groups in total. The zero-order valence-corrected chi connectivity index (χ0v) is 14.6. The van der Waals surface area contributed by atoms with E-state index in [1.807, 2.05) is 24.3 Å². The number of carbonyl (C=O) groups is 1. The van der Waals surface area contributed by atoms with Gasteiger partial charge in [0.15, 0.2) is 5.16 Å². The lowest BCUT2D eigenvalue weighted by Crippen LogP contribution is -2.42. The van der Waals surface area contributed by atoms with Crippen molar-refractivity contribution >= 4 is 35.2 Å². The summed E-state index contributed by atoms with van der Waals surface area (Å²) in [5, 5.41) is 9.27. The van der Waals surface area contributed by atoms with E-state index in [4.69, 9.17) is 22.1 Å². The van der Waals surface area contributed by atoms with E-state index in [1.165, 1.54) is 11.8 Å². The van der Waals surface area contributed by atoms with Gasteiger partial charge in [-0.05, 0) is 11.6 Å². The van der Waals surface area contributed by atoms with Crippen LogP contribution in [0.5, 0.6) is 0 Å². The maximum absolute atomic E-state index is 12.4. The highest BCUT2D eigenvalue weighted by Gasteiger charge is 2.20. The lowest BCUT2D eigenvalue weighted by molar-refractivity contribution is -0.136. The van der Waals surface area contributed by atoms with E-state index in [1.54, 1.807) is 9.47 Å². The van der Waals surface area contributed by atoms with Gasteiger partial charge in [-0.2, -0.15) is 0 Å². The fourth-order valence-corrected chi connectivity index (χ4v) is 3.59. The smallest absolute Gasteiger partial charge is 0.242 e. The third-order valence-corrected chi connectivity index (χ3v) is 5.10. The molecule has 128 valence electrons. The number of hydrogen-bond donors (Lipinski definition) is 1. The highest BCUT2D eigenvalue weighted by molar-refractivity contribution is 7.98. The van der Waals surface area contributed by atoms with E-state index in [2.05, 4.69) is 10.2 Å². The Kier molecular flexibility index (Phi) is 5.60. The van der Waals surface area contributed by atoms with Crippen LogP contribution in [0.1, 0.15) is 5.56 Å². The Bertz CT molecular complexity index is 718. The van der Waals surface area contributed by atoms with Crippen LogP contribution >= 0.6 is 23.4 Å². The van der Waals surface area contributed by atoms with Crippen LogP contribution in [-0.4, -0.2) is 51.9 Å². The lowest BCUT2D eigenvalue weighted by Gasteiger charge is -2.27. The molecule has 2 aromatic rings. The number of carbonyl (C=O) groups excluding carboxylic acids is 1. The Hall–Kier alpha value is -1.77. The number of ether oxygens (including phenoxy) is 1. The number of hydrogen-bond acceptors (Lipinski definition) is 6. The molecule has 3 rings (SSSR count). The minimum absolute atomic E-state index is 0.00982. The van der Waals surface area contributed by atoms with Crippen LogP contribution in [0.3, 0.4) is 0 Å². The van der Waals surface area contributed by atoms with Crippen LogP contribution in [0.4, 0.5) is 5.95 Å². The number of aromatic nitrogens is 3. The molecule has 7 nitrogen and oxygen atoms in total. The maximum Gasteiger partial charge on any atom is 0.242 e. The van der Waals surface area contributed by atoms with Crippen molar-refractivity contribution in [2.75, 3.05) is 32.0 Å². The normalized spacial score (nSPS) is 14.8. The van der Waals surface area contributed by atoms with Crippen molar-refractivity contribution in [1.82, 2.24) is 19.7 Å². The second kappa shape index (κ2) is 7.87. The maximum atomic E-state index is 12.4. The molecule has 1 saturated heterocycles. The molecule has 1 aliphatic rings. The monoisotopic (exact) mass is 367 g/mol. The Balaban J connectivity index is 1.67. The quantitative estimate of drug-likeness (QED) is 0.809. The first-order valence-electron chi connectivity index (χ1n) is 7.55. The molecule has 0 aliphatic carbocycles. The number of nitrogen functional groups attached to an aromatic ring is 1. The van der Waals surface area contributed by atoms with Gasteiger partial charge in [0.1, 0.15) is 6.54 Å². The number of nitrogens with zero attached hydrogens (tertiary/aromatic N) is 4. The van der Waals surface area contributed by atoms with E-state index in [0.717, 1.165) is 5.56 Å². The van der Waals surface area contributed by atoms with Crippen molar-refractivity contribution in [3.8, 4) is 0 Å². The van der Waals surface area contributed by atoms with Crippen LogP contribution < -0.4 is 5.73 Å². The van der Waals surface area contributed by atoms with Crippen molar-refractivity contribution in [2.24, 2.45) is 0 Å². The number of thioether (sulfide) groups is 1. The van der Waals surface area contributed by atoms with E-state index >= 15 is 0 Å². The molecule has 24 heavy (non-hydrogen) atoms. The average molecular weight is 368 g/mol. The Morgan fingerprint density at radius 3 is 2.79 bits per heavy atom. The van der Waals surface area contributed by atoms with Gasteiger partial charge in [0.2, 0.25) is 11.9 Å². The largest absolute Gasteiger partial charge is 0.378 e. The number of rotatable bonds is 5. The molecule has 0 spiro atoms. The third-order valence-electron chi connectivity index (χ3n) is 3.72. The Morgan fingerprint density at radius 1 is 1.29 bits per heavy atom. The van der Waals surface area contributed by atoms with Gasteiger partial charge in [0, 0.05) is 23.9 Å². The SMILES string of the molecule is Nc1nnc(SCc2ccccc2Cl)n1CC(=O)N1CCOCC1. The van der Waals surface area contributed by atoms with Gasteiger partial charge in [-0.3, -0.25) is 9.36 Å². The predicted octanol–water partition coefficient (Wildman–Crippen LogP) is 1.66. The Labute approximate surface area is 149 Å². The predicted molar refractivity (Wildman–Crippen MR) is 92.8 cm³/mol. The van der Waals surface area contributed by atoms with Crippen molar-refractivity contribution in [1.29, 1.82) is 0 Å². The summed E-state index contributed by atoms with van der Waals surface area (Å²) in [5.41, 5.74) is 6.87. The molecule has 0 bridgehead atoms. The molecule has 1 amide bonds. The highest BCUT2D eigenvalue weighted by Crippen LogP contribution is 2.26. The van der Waals surface area contributed by atoms with E-state index in [9.17, 15) is 4.79 Å². The summed E-state index contributed by atoms with van der Waals surface area (Å²) in [6, 6.07) is 7.62. The zero-order valence-electron chi connectivity index (χ0n) is 13.0. The molecule has 0 unspecified atom stereocenters. The number of morpholine rings is 1. The summed E-state index contributed by atoms with van der Waals surface area (Å²) >= 11 is 7.62. The van der Waals surface area contributed by atoms with Gasteiger partial charge in [0.05, 0.1) is 13.2 Å². The fourth-order valence-electron chi connectivity index (χ4n) is 2.36. The third kappa shape index (κ3) is 4.00. The first-order chi connectivity index (χ1) is 11.6. The summed E-state index contributed by atoms with van der Waals surface area (Å²) in [4.78, 5) is 14.2. The second-order valence-electron chi connectivity index (χ2n) is 5.30. The number of benzene rings is 1. The highest BCUT2D eigenvalue weighted by atomic mass is 35.5. The molecule has 2 heterocycles. The van der Waals surface area contributed by atoms with E-state index < -0.39 is 0 Å². The van der Waals surface area contributed by atoms with E-state index in [0.29, 0.717) is 42.2 Å². The van der Waals surface area contributed by atoms with Crippen molar-refractivity contribution in [3.63, 3.8) is 0 Å². The molecule has 1 aromatic heterocycles. The van der Waals surface area contributed by atoms with Crippen LogP contribution in [0.25, 0.3) is 0 Å². The molecule has 0 saturated carbocycles. The summed E-state index contributed by atoms with van der Waals surface area (Å²) in [5.74, 6) is 0.853. The summed E-state index contributed by atoms with van der Waals surface area (Å²) in [6.07, 6.45) is 0.